The Kier molecular flexibility index (Phi) is 3.25. The lowest BCUT2D eigenvalue weighted by Gasteiger charge is -2.10. The van der Waals surface area contributed by atoms with Gasteiger partial charge in [-0.25, -0.2) is 4.98 Å². The average Bonchev–Trinajstić information content (AvgIpc) is 2.84. The van der Waals surface area contributed by atoms with E-state index in [9.17, 15) is 13.2 Å². The number of anilines is 2. The van der Waals surface area contributed by atoms with Gasteiger partial charge in [0.2, 0.25) is 0 Å². The number of halogens is 4. The molecule has 108 valence electrons. The van der Waals surface area contributed by atoms with Gasteiger partial charge in [-0.2, -0.15) is 13.2 Å². The van der Waals surface area contributed by atoms with E-state index in [1.165, 1.54) is 6.07 Å². The molecule has 0 fully saturated rings. The van der Waals surface area contributed by atoms with Crippen LogP contribution in [0.1, 0.15) is 5.56 Å². The van der Waals surface area contributed by atoms with Gasteiger partial charge in [-0.05, 0) is 35.7 Å². The van der Waals surface area contributed by atoms with Crippen LogP contribution in [0.25, 0.3) is 10.9 Å². The van der Waals surface area contributed by atoms with Gasteiger partial charge < -0.3 is 10.3 Å². The van der Waals surface area contributed by atoms with Crippen LogP contribution in [-0.4, -0.2) is 9.97 Å². The van der Waals surface area contributed by atoms with Crippen LogP contribution in [-0.2, 0) is 6.18 Å². The molecular weight excluding hydrogens is 303 g/mol. The fraction of sp³-hybridized carbons (Fsp3) is 0.0714. The molecular formula is C14H9ClF3N3. The summed E-state index contributed by atoms with van der Waals surface area (Å²) in [5.74, 6) is 0.249. The van der Waals surface area contributed by atoms with Gasteiger partial charge in [0.15, 0.2) is 0 Å². The Bertz CT molecular complexity index is 796. The van der Waals surface area contributed by atoms with Crippen LogP contribution < -0.4 is 5.32 Å². The van der Waals surface area contributed by atoms with E-state index in [0.29, 0.717) is 5.69 Å². The van der Waals surface area contributed by atoms with Crippen molar-refractivity contribution in [1.29, 1.82) is 0 Å². The topological polar surface area (TPSA) is 40.7 Å². The molecule has 0 saturated heterocycles. The van der Waals surface area contributed by atoms with Crippen molar-refractivity contribution in [3.05, 3.63) is 53.3 Å². The van der Waals surface area contributed by atoms with Gasteiger partial charge in [-0.3, -0.25) is 0 Å². The fourth-order valence-corrected chi connectivity index (χ4v) is 2.25. The van der Waals surface area contributed by atoms with E-state index >= 15 is 0 Å². The minimum absolute atomic E-state index is 0.249. The highest BCUT2D eigenvalue weighted by Crippen LogP contribution is 2.34. The van der Waals surface area contributed by atoms with Crippen molar-refractivity contribution in [3.8, 4) is 0 Å². The Hall–Kier alpha value is -2.21. The smallest absolute Gasteiger partial charge is 0.361 e. The van der Waals surface area contributed by atoms with Crippen molar-refractivity contribution in [2.45, 2.75) is 6.18 Å². The van der Waals surface area contributed by atoms with E-state index in [1.54, 1.807) is 0 Å². The summed E-state index contributed by atoms with van der Waals surface area (Å²) in [5.41, 5.74) is 0.667. The molecule has 0 aliphatic carbocycles. The maximum Gasteiger partial charge on any atom is 0.419 e. The molecule has 21 heavy (non-hydrogen) atoms. The number of H-pyrrole nitrogens is 1. The number of rotatable bonds is 2. The molecule has 2 N–H and O–H groups in total. The zero-order chi connectivity index (χ0) is 15.0. The summed E-state index contributed by atoms with van der Waals surface area (Å²) >= 11 is 5.58. The summed E-state index contributed by atoms with van der Waals surface area (Å²) in [5, 5.41) is 3.39. The van der Waals surface area contributed by atoms with Gasteiger partial charge in [-0.1, -0.05) is 17.7 Å². The van der Waals surface area contributed by atoms with Crippen molar-refractivity contribution in [2.75, 3.05) is 5.32 Å². The predicted octanol–water partition coefficient (Wildman–Crippen LogP) is 4.98. The predicted molar refractivity (Wildman–Crippen MR) is 75.8 cm³/mol. The van der Waals surface area contributed by atoms with Crippen molar-refractivity contribution < 1.29 is 13.2 Å². The van der Waals surface area contributed by atoms with Crippen LogP contribution in [0, 0.1) is 0 Å². The Morgan fingerprint density at radius 2 is 1.90 bits per heavy atom. The highest BCUT2D eigenvalue weighted by molar-refractivity contribution is 6.30. The molecule has 0 saturated carbocycles. The minimum Gasteiger partial charge on any atom is -0.361 e. The molecule has 3 aromatic rings. The van der Waals surface area contributed by atoms with Gasteiger partial charge in [0.25, 0.3) is 0 Å². The Morgan fingerprint density at radius 3 is 2.62 bits per heavy atom. The molecule has 7 heteroatoms. The van der Waals surface area contributed by atoms with E-state index in [1.807, 2.05) is 30.5 Å². The molecule has 3 rings (SSSR count). The number of aromatic amines is 1. The number of nitrogens with one attached hydrogen (secondary N) is 2. The first-order chi connectivity index (χ1) is 9.93. The third kappa shape index (κ3) is 2.80. The standard InChI is InChI=1S/C14H9ClF3N3/c15-13-10(14(16,17)18)3-4-12(21-13)20-9-2-1-8-5-6-19-11(8)7-9/h1-7,19H,(H,20,21). The molecule has 0 aliphatic rings. The summed E-state index contributed by atoms with van der Waals surface area (Å²) < 4.78 is 37.8. The molecule has 0 spiro atoms. The first-order valence-corrected chi connectivity index (χ1v) is 6.39. The second-order valence-electron chi connectivity index (χ2n) is 4.44. The number of fused-ring (bicyclic) bond motifs is 1. The molecule has 2 aromatic heterocycles. The third-order valence-electron chi connectivity index (χ3n) is 2.98. The number of pyridine rings is 1. The quantitative estimate of drug-likeness (QED) is 0.655. The van der Waals surface area contributed by atoms with Gasteiger partial charge in [0, 0.05) is 17.4 Å². The maximum atomic E-state index is 12.6. The largest absolute Gasteiger partial charge is 0.419 e. The van der Waals surface area contributed by atoms with E-state index in [2.05, 4.69) is 15.3 Å². The van der Waals surface area contributed by atoms with Crippen molar-refractivity contribution in [2.24, 2.45) is 0 Å². The van der Waals surface area contributed by atoms with Crippen LogP contribution >= 0.6 is 11.6 Å². The monoisotopic (exact) mass is 311 g/mol. The third-order valence-corrected chi connectivity index (χ3v) is 3.27. The van der Waals surface area contributed by atoms with Crippen LogP contribution in [0.15, 0.2) is 42.6 Å². The highest BCUT2D eigenvalue weighted by atomic mass is 35.5. The molecule has 0 atom stereocenters. The van der Waals surface area contributed by atoms with Crippen LogP contribution in [0.4, 0.5) is 24.7 Å². The van der Waals surface area contributed by atoms with Crippen molar-refractivity contribution in [3.63, 3.8) is 0 Å². The summed E-state index contributed by atoms with van der Waals surface area (Å²) in [7, 11) is 0. The van der Waals surface area contributed by atoms with E-state index in [-0.39, 0.29) is 5.82 Å². The molecule has 3 nitrogen and oxygen atoms in total. The van der Waals surface area contributed by atoms with Gasteiger partial charge in [0.05, 0.1) is 5.56 Å². The fourth-order valence-electron chi connectivity index (χ4n) is 1.99. The Labute approximate surface area is 122 Å². The van der Waals surface area contributed by atoms with E-state index < -0.39 is 16.9 Å². The first kappa shape index (κ1) is 13.8. The number of hydrogen-bond donors (Lipinski definition) is 2. The second kappa shape index (κ2) is 4.96. The minimum atomic E-state index is -4.51. The molecule has 0 bridgehead atoms. The zero-order valence-electron chi connectivity index (χ0n) is 10.5. The van der Waals surface area contributed by atoms with E-state index in [4.69, 9.17) is 11.6 Å². The van der Waals surface area contributed by atoms with Gasteiger partial charge in [-0.15, -0.1) is 0 Å². The molecule has 0 aliphatic heterocycles. The van der Waals surface area contributed by atoms with Gasteiger partial charge in [0.1, 0.15) is 11.0 Å². The zero-order valence-corrected chi connectivity index (χ0v) is 11.3. The molecule has 0 amide bonds. The van der Waals surface area contributed by atoms with Crippen molar-refractivity contribution in [1.82, 2.24) is 9.97 Å². The average molecular weight is 312 g/mol. The van der Waals surface area contributed by atoms with Gasteiger partial charge >= 0.3 is 6.18 Å². The molecule has 0 radical (unpaired) electrons. The lowest BCUT2D eigenvalue weighted by molar-refractivity contribution is -0.137. The lowest BCUT2D eigenvalue weighted by atomic mass is 10.2. The SMILES string of the molecule is FC(F)(F)c1ccc(Nc2ccc3cc[nH]c3c2)nc1Cl. The Morgan fingerprint density at radius 1 is 1.10 bits per heavy atom. The summed E-state index contributed by atoms with van der Waals surface area (Å²) in [6.45, 7) is 0. The summed E-state index contributed by atoms with van der Waals surface area (Å²) in [4.78, 5) is 6.78. The molecule has 1 aromatic carbocycles. The molecule has 2 heterocycles. The Balaban J connectivity index is 1.89. The highest BCUT2D eigenvalue weighted by Gasteiger charge is 2.33. The number of hydrogen-bond acceptors (Lipinski definition) is 2. The maximum absolute atomic E-state index is 12.6. The first-order valence-electron chi connectivity index (χ1n) is 6.01. The van der Waals surface area contributed by atoms with E-state index in [0.717, 1.165) is 17.0 Å². The lowest BCUT2D eigenvalue weighted by Crippen LogP contribution is -2.07. The summed E-state index contributed by atoms with van der Waals surface area (Å²) in [6.07, 6.45) is -2.70. The van der Waals surface area contributed by atoms with Crippen LogP contribution in [0.5, 0.6) is 0 Å². The number of nitrogens with zero attached hydrogens (tertiary/aromatic N) is 1. The molecule has 0 unspecified atom stereocenters. The number of aromatic nitrogens is 2. The van der Waals surface area contributed by atoms with Crippen LogP contribution in [0.3, 0.4) is 0 Å². The van der Waals surface area contributed by atoms with Crippen molar-refractivity contribution >= 4 is 34.0 Å². The van der Waals surface area contributed by atoms with Crippen LogP contribution in [0.2, 0.25) is 5.15 Å². The summed E-state index contributed by atoms with van der Waals surface area (Å²) in [6, 6.07) is 9.61. The second-order valence-corrected chi connectivity index (χ2v) is 4.80. The normalized spacial score (nSPS) is 11.8. The number of benzene rings is 1. The number of alkyl halides is 3.